The molecule has 1 aliphatic heterocycles. The fraction of sp³-hybridized carbons (Fsp3) is 0.500. The lowest BCUT2D eigenvalue weighted by molar-refractivity contribution is -0.117. The van der Waals surface area contributed by atoms with Gasteiger partial charge in [-0.05, 0) is 86.7 Å². The van der Waals surface area contributed by atoms with Gasteiger partial charge in [0, 0.05) is 56.2 Å². The average Bonchev–Trinajstić information content (AvgIpc) is 3.68. The molecule has 0 spiro atoms. The lowest BCUT2D eigenvalue weighted by Crippen LogP contribution is -2.35. The monoisotopic (exact) mass is 682 g/mol. The van der Waals surface area contributed by atoms with Crippen LogP contribution in [0.15, 0.2) is 48.5 Å². The number of carbonyl (C=O) groups is 1. The van der Waals surface area contributed by atoms with Crippen molar-refractivity contribution in [1.82, 2.24) is 10.2 Å². The normalized spacial score (nSPS) is 20.0. The Morgan fingerprint density at radius 1 is 0.936 bits per heavy atom. The molecule has 1 saturated heterocycles. The lowest BCUT2D eigenvalue weighted by atomic mass is 9.96. The van der Waals surface area contributed by atoms with Gasteiger partial charge in [-0.15, -0.1) is 0 Å². The summed E-state index contributed by atoms with van der Waals surface area (Å²) in [5.74, 6) is 2.79. The van der Waals surface area contributed by atoms with E-state index in [4.69, 9.17) is 37.4 Å². The highest BCUT2D eigenvalue weighted by atomic mass is 35.5. The molecule has 0 radical (unpaired) electrons. The van der Waals surface area contributed by atoms with Gasteiger partial charge < -0.3 is 24.4 Å². The van der Waals surface area contributed by atoms with Crippen molar-refractivity contribution < 1.29 is 23.4 Å². The molecule has 3 aliphatic rings. The quantitative estimate of drug-likeness (QED) is 0.172. The Balaban J connectivity index is 1.11. The Kier molecular flexibility index (Phi) is 11.6. The Bertz CT molecular complexity index is 1540. The molecule has 1 N–H and O–H groups in total. The molecule has 9 heteroatoms. The third-order valence-electron chi connectivity index (χ3n) is 9.64. The number of nitrogens with one attached hydrogen (secondary N) is 1. The number of benzene rings is 3. The molecule has 0 amide bonds. The minimum Gasteiger partial charge on any atom is -0.493 e. The average molecular weight is 684 g/mol. The van der Waals surface area contributed by atoms with Crippen molar-refractivity contribution in [3.05, 3.63) is 75.3 Å². The van der Waals surface area contributed by atoms with Crippen molar-refractivity contribution in [1.29, 1.82) is 0 Å². The second kappa shape index (κ2) is 16.0. The van der Waals surface area contributed by atoms with Crippen LogP contribution in [0.25, 0.3) is 11.1 Å². The summed E-state index contributed by atoms with van der Waals surface area (Å²) in [5, 5.41) is 4.65. The largest absolute Gasteiger partial charge is 0.493 e. The van der Waals surface area contributed by atoms with E-state index in [0.29, 0.717) is 78.7 Å². The highest BCUT2D eigenvalue weighted by Crippen LogP contribution is 2.45. The third kappa shape index (κ3) is 8.43. The van der Waals surface area contributed by atoms with Crippen molar-refractivity contribution in [2.45, 2.75) is 77.1 Å². The molecule has 1 heterocycles. The summed E-state index contributed by atoms with van der Waals surface area (Å²) in [7, 11) is 0. The second-order valence-corrected chi connectivity index (χ2v) is 13.7. The Morgan fingerprint density at radius 3 is 2.53 bits per heavy atom. The smallest absolute Gasteiger partial charge is 0.142 e. The molecular weight excluding hydrogens is 638 g/mol. The number of nitrogens with zero attached hydrogens (tertiary/aromatic N) is 1. The van der Waals surface area contributed by atoms with Crippen LogP contribution < -0.4 is 19.5 Å². The molecule has 252 valence electrons. The number of piperidine rings is 1. The van der Waals surface area contributed by atoms with Crippen LogP contribution in [0.1, 0.15) is 74.7 Å². The lowest BCUT2D eigenvalue weighted by Gasteiger charge is -2.28. The molecule has 2 aliphatic carbocycles. The number of carbonyl (C=O) groups excluding carboxylic acids is 1. The van der Waals surface area contributed by atoms with Crippen LogP contribution in [0.4, 0.5) is 4.39 Å². The highest BCUT2D eigenvalue weighted by Gasteiger charge is 2.29. The number of rotatable bonds is 14. The number of halogens is 3. The first-order valence-electron chi connectivity index (χ1n) is 17.1. The van der Waals surface area contributed by atoms with E-state index in [-0.39, 0.29) is 6.10 Å². The fourth-order valence-corrected chi connectivity index (χ4v) is 7.65. The molecule has 0 bridgehead atoms. The molecule has 6 nitrogen and oxygen atoms in total. The topological polar surface area (TPSA) is 60.0 Å². The predicted molar refractivity (Wildman–Crippen MR) is 186 cm³/mol. The number of fused-ring (bicyclic) bond motifs is 1. The molecule has 3 aromatic rings. The minimum atomic E-state index is -0.655. The van der Waals surface area contributed by atoms with Crippen LogP contribution >= 0.6 is 23.2 Å². The van der Waals surface area contributed by atoms with Gasteiger partial charge in [-0.2, -0.15) is 0 Å². The molecule has 2 atom stereocenters. The molecule has 3 aromatic carbocycles. The van der Waals surface area contributed by atoms with Gasteiger partial charge in [-0.25, -0.2) is 4.39 Å². The zero-order chi connectivity index (χ0) is 32.8. The Labute approximate surface area is 287 Å². The maximum atomic E-state index is 13.4. The second-order valence-electron chi connectivity index (χ2n) is 13.0. The number of likely N-dealkylation sites (tertiary alicyclic amines) is 1. The Morgan fingerprint density at radius 2 is 1.74 bits per heavy atom. The van der Waals surface area contributed by atoms with E-state index >= 15 is 0 Å². The van der Waals surface area contributed by atoms with Crippen LogP contribution in [0.3, 0.4) is 0 Å². The predicted octanol–water partition coefficient (Wildman–Crippen LogP) is 8.79. The van der Waals surface area contributed by atoms with Gasteiger partial charge in [0.25, 0.3) is 0 Å². The van der Waals surface area contributed by atoms with E-state index in [9.17, 15) is 9.18 Å². The molecule has 1 saturated carbocycles. The van der Waals surface area contributed by atoms with E-state index in [0.717, 1.165) is 79.9 Å². The minimum absolute atomic E-state index is 0.151. The summed E-state index contributed by atoms with van der Waals surface area (Å²) in [6, 6.07) is 16.1. The Hall–Kier alpha value is -2.84. The van der Waals surface area contributed by atoms with E-state index in [1.165, 1.54) is 5.56 Å². The molecule has 0 aromatic heterocycles. The van der Waals surface area contributed by atoms with Gasteiger partial charge in [-0.1, -0.05) is 53.5 Å². The summed E-state index contributed by atoms with van der Waals surface area (Å²) in [5.41, 5.74) is 5.36. The van der Waals surface area contributed by atoms with E-state index in [1.54, 1.807) is 0 Å². The first kappa shape index (κ1) is 34.0. The van der Waals surface area contributed by atoms with Gasteiger partial charge >= 0.3 is 0 Å². The maximum absolute atomic E-state index is 13.4. The van der Waals surface area contributed by atoms with Crippen LogP contribution in [-0.4, -0.2) is 56.2 Å². The molecule has 47 heavy (non-hydrogen) atoms. The maximum Gasteiger partial charge on any atom is 0.142 e. The van der Waals surface area contributed by atoms with Crippen molar-refractivity contribution in [3.8, 4) is 28.4 Å². The van der Waals surface area contributed by atoms with Crippen LogP contribution in [0.5, 0.6) is 17.2 Å². The summed E-state index contributed by atoms with van der Waals surface area (Å²) in [4.78, 5) is 13.9. The molecule has 6 rings (SSSR count). The van der Waals surface area contributed by atoms with Crippen molar-refractivity contribution in [2.75, 3.05) is 39.4 Å². The first-order chi connectivity index (χ1) is 22.9. The van der Waals surface area contributed by atoms with Gasteiger partial charge in [0.05, 0.1) is 23.3 Å². The zero-order valence-electron chi connectivity index (χ0n) is 27.2. The van der Waals surface area contributed by atoms with Gasteiger partial charge in [0.2, 0.25) is 0 Å². The van der Waals surface area contributed by atoms with E-state index < -0.39 is 6.17 Å². The number of ketones is 1. The highest BCUT2D eigenvalue weighted by molar-refractivity contribution is 6.35. The SMILES string of the molecule is CCOc1cc(O[C@H]2CCc3c(-c4cccc(OCCCN5CCC(F)CC5)c4Cl)cccc32)c(Cl)cc1CNCC1CCC(=O)C1. The van der Waals surface area contributed by atoms with Gasteiger partial charge in [0.1, 0.15) is 35.3 Å². The van der Waals surface area contributed by atoms with Crippen molar-refractivity contribution >= 4 is 29.0 Å². The number of Topliss-reactive ketones (excluding diaryl/α,β-unsaturated/α-hetero) is 1. The summed E-state index contributed by atoms with van der Waals surface area (Å²) in [6.07, 6.45) is 5.30. The number of ether oxygens (including phenoxy) is 3. The van der Waals surface area contributed by atoms with Gasteiger partial charge in [0.15, 0.2) is 0 Å². The standard InChI is InChI=1S/C38H45Cl2FN2O4/c1-2-45-36-22-37(33(39)21-26(36)24-42-23-25-10-11-28(44)20-25)47-34-13-12-30-29(6-3-7-31(30)34)32-8-4-9-35(38(32)40)46-19-5-16-43-17-14-27(41)15-18-43/h3-4,6-9,21-22,25,27,34,42H,2,5,10-20,23-24H2,1H3/t25?,34-/m0/s1. The van der Waals surface area contributed by atoms with Crippen LogP contribution in [-0.2, 0) is 17.8 Å². The first-order valence-corrected chi connectivity index (χ1v) is 17.9. The summed E-state index contributed by atoms with van der Waals surface area (Å²) >= 11 is 13.8. The number of alkyl halides is 1. The van der Waals surface area contributed by atoms with Crippen LogP contribution in [0, 0.1) is 5.92 Å². The fourth-order valence-electron chi connectivity index (χ4n) is 7.14. The number of hydrogen-bond acceptors (Lipinski definition) is 6. The summed E-state index contributed by atoms with van der Waals surface area (Å²) < 4.78 is 32.2. The molecule has 1 unspecified atom stereocenters. The third-order valence-corrected chi connectivity index (χ3v) is 10.3. The molecule has 2 fully saturated rings. The molecular formula is C38H45Cl2FN2O4. The van der Waals surface area contributed by atoms with Crippen molar-refractivity contribution in [2.24, 2.45) is 5.92 Å². The van der Waals surface area contributed by atoms with E-state index in [1.807, 2.05) is 37.3 Å². The summed E-state index contributed by atoms with van der Waals surface area (Å²) in [6.45, 7) is 7.00. The van der Waals surface area contributed by atoms with E-state index in [2.05, 4.69) is 28.4 Å². The van der Waals surface area contributed by atoms with Crippen LogP contribution in [0.2, 0.25) is 10.0 Å². The zero-order valence-corrected chi connectivity index (χ0v) is 28.7. The van der Waals surface area contributed by atoms with Gasteiger partial charge in [-0.3, -0.25) is 4.79 Å². The number of hydrogen-bond donors (Lipinski definition) is 1. The van der Waals surface area contributed by atoms with Crippen molar-refractivity contribution in [3.63, 3.8) is 0 Å².